The number of rotatable bonds is 7. The van der Waals surface area contributed by atoms with Gasteiger partial charge in [-0.05, 0) is 17.9 Å². The molecule has 0 unspecified atom stereocenters. The van der Waals surface area contributed by atoms with Crippen LogP contribution < -0.4 is 5.19 Å². The van der Waals surface area contributed by atoms with Crippen molar-refractivity contribution in [3.8, 4) is 0 Å². The highest BCUT2D eigenvalue weighted by Gasteiger charge is 2.31. The fraction of sp³-hybridized carbons (Fsp3) is 0.381. The number of carbonyl (C=O) groups is 1. The Bertz CT molecular complexity index is 619. The number of carbonyl (C=O) groups excluding carboxylic acids is 1. The summed E-state index contributed by atoms with van der Waals surface area (Å²) in [5, 5.41) is 1.51. The second-order valence-corrected chi connectivity index (χ2v) is 12.3. The van der Waals surface area contributed by atoms with E-state index in [1.54, 1.807) is 0 Å². The molecule has 2 rings (SSSR count). The lowest BCUT2D eigenvalue weighted by Gasteiger charge is -2.32. The minimum atomic E-state index is -1.49. The number of benzene rings is 2. The van der Waals surface area contributed by atoms with Gasteiger partial charge in [0.05, 0.1) is 8.07 Å². The van der Waals surface area contributed by atoms with E-state index in [0.29, 0.717) is 17.9 Å². The third kappa shape index (κ3) is 4.65. The maximum atomic E-state index is 12.4. The van der Waals surface area contributed by atoms with Crippen molar-refractivity contribution in [3.05, 3.63) is 66.2 Å². The Hall–Kier alpha value is -1.67. The van der Waals surface area contributed by atoms with Gasteiger partial charge in [0.15, 0.2) is 5.78 Å². The molecule has 122 valence electrons. The van der Waals surface area contributed by atoms with Gasteiger partial charge in [-0.3, -0.25) is 4.79 Å². The van der Waals surface area contributed by atoms with Crippen molar-refractivity contribution < 1.29 is 4.79 Å². The zero-order chi connectivity index (χ0) is 16.9. The summed E-state index contributed by atoms with van der Waals surface area (Å²) in [5.41, 5.74) is 1.50. The Morgan fingerprint density at radius 2 is 1.43 bits per heavy atom. The maximum Gasteiger partial charge on any atom is 0.163 e. The summed E-state index contributed by atoms with van der Waals surface area (Å²) in [6, 6.07) is 20.6. The van der Waals surface area contributed by atoms with Crippen molar-refractivity contribution in [1.29, 1.82) is 0 Å². The van der Waals surface area contributed by atoms with Crippen LogP contribution in [0, 0.1) is 5.92 Å². The molecule has 2 heteroatoms. The van der Waals surface area contributed by atoms with E-state index in [1.807, 2.05) is 30.3 Å². The van der Waals surface area contributed by atoms with Crippen LogP contribution in [0.2, 0.25) is 18.6 Å². The van der Waals surface area contributed by atoms with Crippen molar-refractivity contribution >= 4 is 19.0 Å². The van der Waals surface area contributed by atoms with Crippen molar-refractivity contribution in [1.82, 2.24) is 0 Å². The lowest BCUT2D eigenvalue weighted by Crippen LogP contribution is -2.45. The molecule has 0 saturated heterocycles. The molecule has 0 fully saturated rings. The van der Waals surface area contributed by atoms with Crippen LogP contribution in [-0.4, -0.2) is 13.9 Å². The summed E-state index contributed by atoms with van der Waals surface area (Å²) < 4.78 is 0. The maximum absolute atomic E-state index is 12.4. The minimum absolute atomic E-state index is 0.268. The van der Waals surface area contributed by atoms with E-state index in [0.717, 1.165) is 12.0 Å². The van der Waals surface area contributed by atoms with E-state index in [2.05, 4.69) is 57.3 Å². The molecule has 0 saturated carbocycles. The van der Waals surface area contributed by atoms with E-state index in [4.69, 9.17) is 0 Å². The zero-order valence-electron chi connectivity index (χ0n) is 14.8. The molecule has 0 aliphatic heterocycles. The van der Waals surface area contributed by atoms with Crippen LogP contribution >= 0.6 is 0 Å². The van der Waals surface area contributed by atoms with E-state index in [1.165, 1.54) is 5.19 Å². The summed E-state index contributed by atoms with van der Waals surface area (Å²) in [4.78, 5) is 12.4. The van der Waals surface area contributed by atoms with Crippen molar-refractivity contribution in [2.24, 2.45) is 5.92 Å². The summed E-state index contributed by atoms with van der Waals surface area (Å²) in [5.74, 6) is 0.692. The fourth-order valence-electron chi connectivity index (χ4n) is 3.19. The first-order chi connectivity index (χ1) is 10.9. The van der Waals surface area contributed by atoms with Gasteiger partial charge in [-0.1, -0.05) is 92.8 Å². The first-order valence-electron chi connectivity index (χ1n) is 8.55. The number of hydrogen-bond donors (Lipinski definition) is 0. The van der Waals surface area contributed by atoms with Gasteiger partial charge in [-0.2, -0.15) is 0 Å². The molecule has 2 aromatic rings. The van der Waals surface area contributed by atoms with E-state index in [-0.39, 0.29) is 5.78 Å². The Kier molecular flexibility index (Phi) is 5.95. The lowest BCUT2D eigenvalue weighted by molar-refractivity contribution is 0.0962. The summed E-state index contributed by atoms with van der Waals surface area (Å²) >= 11 is 0. The fourth-order valence-corrected chi connectivity index (χ4v) is 5.80. The molecule has 0 radical (unpaired) electrons. The molecule has 0 aliphatic carbocycles. The van der Waals surface area contributed by atoms with E-state index >= 15 is 0 Å². The van der Waals surface area contributed by atoms with Crippen LogP contribution in [-0.2, 0) is 0 Å². The molecule has 0 bridgehead atoms. The van der Waals surface area contributed by atoms with Gasteiger partial charge in [-0.25, -0.2) is 0 Å². The highest BCUT2D eigenvalue weighted by Crippen LogP contribution is 2.30. The quantitative estimate of drug-likeness (QED) is 0.499. The van der Waals surface area contributed by atoms with Gasteiger partial charge in [0, 0.05) is 12.0 Å². The van der Waals surface area contributed by atoms with Gasteiger partial charge < -0.3 is 0 Å². The van der Waals surface area contributed by atoms with Crippen molar-refractivity contribution in [3.63, 3.8) is 0 Å². The average Bonchev–Trinajstić information content (AvgIpc) is 2.56. The van der Waals surface area contributed by atoms with Crippen molar-refractivity contribution in [2.75, 3.05) is 0 Å². The lowest BCUT2D eigenvalue weighted by atomic mass is 9.96. The smallest absolute Gasteiger partial charge is 0.163 e. The molecule has 23 heavy (non-hydrogen) atoms. The monoisotopic (exact) mass is 324 g/mol. The van der Waals surface area contributed by atoms with E-state index in [9.17, 15) is 4.79 Å². The van der Waals surface area contributed by atoms with Gasteiger partial charge in [0.25, 0.3) is 0 Å². The zero-order valence-corrected chi connectivity index (χ0v) is 15.8. The van der Waals surface area contributed by atoms with Crippen LogP contribution in [0.25, 0.3) is 0 Å². The Morgan fingerprint density at radius 3 is 2.00 bits per heavy atom. The topological polar surface area (TPSA) is 17.1 Å². The second-order valence-electron chi connectivity index (χ2n) is 7.32. The Labute approximate surface area is 141 Å². The molecule has 2 atom stereocenters. The molecule has 2 aromatic carbocycles. The standard InChI is InChI=1S/C21H28OSi/c1-17(16-21(22)19-11-7-5-8-12-19)15-18(2)23(3,4)20-13-9-6-10-14-20/h5-14,17-18H,15-16H2,1-4H3/t17-,18-/m0/s1. The summed E-state index contributed by atoms with van der Waals surface area (Å²) in [6.45, 7) is 9.47. The SMILES string of the molecule is C[C@H](CC(=O)c1ccccc1)C[C@H](C)[Si](C)(C)c1ccccc1. The highest BCUT2D eigenvalue weighted by atomic mass is 28.3. The normalized spacial score (nSPS) is 14.3. The molecular formula is C21H28OSi. The second kappa shape index (κ2) is 7.74. The Morgan fingerprint density at radius 1 is 0.913 bits per heavy atom. The van der Waals surface area contributed by atoms with Crippen LogP contribution in [0.1, 0.15) is 37.0 Å². The third-order valence-electron chi connectivity index (χ3n) is 5.14. The van der Waals surface area contributed by atoms with Crippen LogP contribution in [0.15, 0.2) is 60.7 Å². The van der Waals surface area contributed by atoms with Crippen molar-refractivity contribution in [2.45, 2.75) is 45.3 Å². The molecular weight excluding hydrogens is 296 g/mol. The first-order valence-corrected chi connectivity index (χ1v) is 11.6. The van der Waals surface area contributed by atoms with Gasteiger partial charge in [0.2, 0.25) is 0 Å². The predicted molar refractivity (Wildman–Crippen MR) is 102 cm³/mol. The third-order valence-corrected chi connectivity index (χ3v) is 9.66. The average molecular weight is 325 g/mol. The predicted octanol–water partition coefficient (Wildman–Crippen LogP) is 5.29. The van der Waals surface area contributed by atoms with Crippen LogP contribution in [0.4, 0.5) is 0 Å². The minimum Gasteiger partial charge on any atom is -0.294 e. The molecule has 1 nitrogen and oxygen atoms in total. The summed E-state index contributed by atoms with van der Waals surface area (Å²) in [6.07, 6.45) is 1.76. The first kappa shape index (κ1) is 17.7. The van der Waals surface area contributed by atoms with Crippen LogP contribution in [0.5, 0.6) is 0 Å². The molecule has 0 heterocycles. The molecule has 0 aliphatic rings. The number of hydrogen-bond acceptors (Lipinski definition) is 1. The molecule has 0 aromatic heterocycles. The molecule has 0 spiro atoms. The largest absolute Gasteiger partial charge is 0.294 e. The van der Waals surface area contributed by atoms with Gasteiger partial charge >= 0.3 is 0 Å². The van der Waals surface area contributed by atoms with Crippen LogP contribution in [0.3, 0.4) is 0 Å². The number of ketones is 1. The van der Waals surface area contributed by atoms with Gasteiger partial charge in [-0.15, -0.1) is 0 Å². The Balaban J connectivity index is 1.97. The summed E-state index contributed by atoms with van der Waals surface area (Å²) in [7, 11) is -1.49. The number of Topliss-reactive ketones (excluding diaryl/α,β-unsaturated/α-hetero) is 1. The van der Waals surface area contributed by atoms with E-state index < -0.39 is 8.07 Å². The molecule has 0 N–H and O–H groups in total. The highest BCUT2D eigenvalue weighted by molar-refractivity contribution is 6.90. The molecule has 0 amide bonds. The van der Waals surface area contributed by atoms with Gasteiger partial charge in [0.1, 0.15) is 0 Å².